The summed E-state index contributed by atoms with van der Waals surface area (Å²) in [6.07, 6.45) is 0. The summed E-state index contributed by atoms with van der Waals surface area (Å²) in [6.45, 7) is 1.92. The average molecular weight is 319 g/mol. The van der Waals surface area contributed by atoms with Gasteiger partial charge in [-0.3, -0.25) is 10.1 Å². The number of rotatable bonds is 3. The maximum atomic E-state index is 12.2. The molecule has 1 amide bonds. The number of furan rings is 1. The maximum Gasteiger partial charge on any atom is 0.322 e. The highest BCUT2D eigenvalue weighted by molar-refractivity contribution is 6.03. The highest BCUT2D eigenvalue weighted by Gasteiger charge is 2.15. The van der Waals surface area contributed by atoms with Crippen LogP contribution >= 0.6 is 0 Å². The Hall–Kier alpha value is -3.41. The lowest BCUT2D eigenvalue weighted by atomic mass is 10.1. The van der Waals surface area contributed by atoms with Gasteiger partial charge in [-0.05, 0) is 31.2 Å². The molecule has 2 aromatic heterocycles. The second-order valence-corrected chi connectivity index (χ2v) is 5.38. The van der Waals surface area contributed by atoms with E-state index in [0.717, 1.165) is 16.5 Å². The Morgan fingerprint density at radius 3 is 2.71 bits per heavy atom. The number of hydrogen-bond donors (Lipinski definition) is 1. The van der Waals surface area contributed by atoms with Gasteiger partial charge >= 0.3 is 6.01 Å². The van der Waals surface area contributed by atoms with Gasteiger partial charge in [-0.2, -0.15) is 0 Å². The Balaban J connectivity index is 1.57. The van der Waals surface area contributed by atoms with Gasteiger partial charge in [0, 0.05) is 10.9 Å². The molecular formula is C18H13N3O3. The Bertz CT molecular complexity index is 1000. The van der Waals surface area contributed by atoms with Gasteiger partial charge in [-0.1, -0.05) is 41.0 Å². The summed E-state index contributed by atoms with van der Waals surface area (Å²) >= 11 is 0. The summed E-state index contributed by atoms with van der Waals surface area (Å²) in [6, 6.07) is 16.7. The quantitative estimate of drug-likeness (QED) is 0.616. The maximum absolute atomic E-state index is 12.2. The predicted molar refractivity (Wildman–Crippen MR) is 88.6 cm³/mol. The largest absolute Gasteiger partial charge is 0.451 e. The van der Waals surface area contributed by atoms with Gasteiger partial charge in [0.25, 0.3) is 11.8 Å². The molecule has 6 nitrogen and oxygen atoms in total. The molecule has 0 radical (unpaired) electrons. The minimum Gasteiger partial charge on any atom is -0.451 e. The Morgan fingerprint density at radius 1 is 1.00 bits per heavy atom. The van der Waals surface area contributed by atoms with Gasteiger partial charge in [-0.15, -0.1) is 5.10 Å². The van der Waals surface area contributed by atoms with E-state index >= 15 is 0 Å². The van der Waals surface area contributed by atoms with Crippen molar-refractivity contribution in [3.63, 3.8) is 0 Å². The van der Waals surface area contributed by atoms with E-state index < -0.39 is 0 Å². The van der Waals surface area contributed by atoms with Crippen molar-refractivity contribution in [3.05, 3.63) is 65.7 Å². The molecule has 4 rings (SSSR count). The van der Waals surface area contributed by atoms with Gasteiger partial charge in [0.1, 0.15) is 5.58 Å². The van der Waals surface area contributed by atoms with E-state index in [2.05, 4.69) is 15.5 Å². The number of amides is 1. The third kappa shape index (κ3) is 2.65. The molecule has 0 aliphatic carbocycles. The minimum absolute atomic E-state index is 0.0250. The lowest BCUT2D eigenvalue weighted by Gasteiger charge is -2.01. The second kappa shape index (κ2) is 5.66. The first-order chi connectivity index (χ1) is 11.7. The Labute approximate surface area is 137 Å². The van der Waals surface area contributed by atoms with E-state index in [-0.39, 0.29) is 17.8 Å². The SMILES string of the molecule is Cc1cccc(C(=O)Nc2nnc(-c3cc4ccccc4o3)o2)c1. The van der Waals surface area contributed by atoms with E-state index in [4.69, 9.17) is 8.83 Å². The van der Waals surface area contributed by atoms with E-state index in [1.165, 1.54) is 0 Å². The molecule has 0 bridgehead atoms. The predicted octanol–water partition coefficient (Wildman–Crippen LogP) is 4.04. The molecule has 24 heavy (non-hydrogen) atoms. The molecule has 0 fully saturated rings. The highest BCUT2D eigenvalue weighted by Crippen LogP contribution is 2.27. The molecule has 1 N–H and O–H groups in total. The van der Waals surface area contributed by atoms with Crippen LogP contribution in [0.25, 0.3) is 22.6 Å². The van der Waals surface area contributed by atoms with Crippen molar-refractivity contribution in [1.82, 2.24) is 10.2 Å². The van der Waals surface area contributed by atoms with Crippen LogP contribution in [-0.2, 0) is 0 Å². The minimum atomic E-state index is -0.307. The van der Waals surface area contributed by atoms with Crippen molar-refractivity contribution in [2.24, 2.45) is 0 Å². The first kappa shape index (κ1) is 14.2. The Kier molecular flexibility index (Phi) is 3.35. The van der Waals surface area contributed by atoms with Gasteiger partial charge in [0.2, 0.25) is 0 Å². The number of anilines is 1. The molecule has 0 saturated carbocycles. The van der Waals surface area contributed by atoms with Crippen LogP contribution in [0.15, 0.2) is 63.4 Å². The molecule has 118 valence electrons. The fourth-order valence-corrected chi connectivity index (χ4v) is 2.42. The van der Waals surface area contributed by atoms with Crippen molar-refractivity contribution in [2.45, 2.75) is 6.92 Å². The number of hydrogen-bond acceptors (Lipinski definition) is 5. The van der Waals surface area contributed by atoms with Gasteiger partial charge < -0.3 is 8.83 Å². The molecule has 0 spiro atoms. The third-order valence-electron chi connectivity index (χ3n) is 3.56. The van der Waals surface area contributed by atoms with Crippen LogP contribution in [-0.4, -0.2) is 16.1 Å². The van der Waals surface area contributed by atoms with Crippen molar-refractivity contribution >= 4 is 22.9 Å². The van der Waals surface area contributed by atoms with Gasteiger partial charge in [0.15, 0.2) is 5.76 Å². The van der Waals surface area contributed by atoms with E-state index in [1.54, 1.807) is 12.1 Å². The van der Waals surface area contributed by atoms with Crippen molar-refractivity contribution in [1.29, 1.82) is 0 Å². The zero-order chi connectivity index (χ0) is 16.5. The molecule has 0 saturated heterocycles. The van der Waals surface area contributed by atoms with Gasteiger partial charge in [-0.25, -0.2) is 0 Å². The Morgan fingerprint density at radius 2 is 1.88 bits per heavy atom. The number of aromatic nitrogens is 2. The molecular weight excluding hydrogens is 306 g/mol. The normalized spacial score (nSPS) is 10.9. The van der Waals surface area contributed by atoms with Crippen molar-refractivity contribution in [3.8, 4) is 11.7 Å². The number of carbonyl (C=O) groups excluding carboxylic acids is 1. The van der Waals surface area contributed by atoms with Crippen LogP contribution in [0.1, 0.15) is 15.9 Å². The van der Waals surface area contributed by atoms with Gasteiger partial charge in [0.05, 0.1) is 0 Å². The molecule has 2 aromatic carbocycles. The van der Waals surface area contributed by atoms with Crippen molar-refractivity contribution < 1.29 is 13.6 Å². The number of fused-ring (bicyclic) bond motifs is 1. The van der Waals surface area contributed by atoms with Crippen LogP contribution in [0.2, 0.25) is 0 Å². The molecule has 2 heterocycles. The van der Waals surface area contributed by atoms with E-state index in [0.29, 0.717) is 11.3 Å². The van der Waals surface area contributed by atoms with Crippen LogP contribution in [0.3, 0.4) is 0 Å². The van der Waals surface area contributed by atoms with E-state index in [1.807, 2.05) is 49.4 Å². The summed E-state index contributed by atoms with van der Waals surface area (Å²) < 4.78 is 11.1. The molecule has 0 aliphatic rings. The fourth-order valence-electron chi connectivity index (χ4n) is 2.42. The topological polar surface area (TPSA) is 81.2 Å². The second-order valence-electron chi connectivity index (χ2n) is 5.38. The first-order valence-corrected chi connectivity index (χ1v) is 7.39. The number of nitrogens with zero attached hydrogens (tertiary/aromatic N) is 2. The number of para-hydroxylation sites is 1. The molecule has 0 unspecified atom stereocenters. The molecule has 6 heteroatoms. The molecule has 0 aliphatic heterocycles. The van der Waals surface area contributed by atoms with Crippen LogP contribution in [0.5, 0.6) is 0 Å². The summed E-state index contributed by atoms with van der Waals surface area (Å²) in [5.41, 5.74) is 2.26. The van der Waals surface area contributed by atoms with E-state index in [9.17, 15) is 4.79 Å². The van der Waals surface area contributed by atoms with Crippen LogP contribution in [0.4, 0.5) is 6.01 Å². The smallest absolute Gasteiger partial charge is 0.322 e. The molecule has 4 aromatic rings. The number of benzene rings is 2. The fraction of sp³-hybridized carbons (Fsp3) is 0.0556. The summed E-state index contributed by atoms with van der Waals surface area (Å²) in [7, 11) is 0. The lowest BCUT2D eigenvalue weighted by molar-refractivity contribution is 0.102. The monoisotopic (exact) mass is 319 g/mol. The first-order valence-electron chi connectivity index (χ1n) is 7.39. The summed E-state index contributed by atoms with van der Waals surface area (Å²) in [4.78, 5) is 12.2. The molecule has 0 atom stereocenters. The number of carbonyl (C=O) groups is 1. The summed E-state index contributed by atoms with van der Waals surface area (Å²) in [5, 5.41) is 11.3. The van der Waals surface area contributed by atoms with Crippen LogP contribution < -0.4 is 5.32 Å². The lowest BCUT2D eigenvalue weighted by Crippen LogP contribution is -2.12. The zero-order valence-electron chi connectivity index (χ0n) is 12.8. The third-order valence-corrected chi connectivity index (χ3v) is 3.56. The van der Waals surface area contributed by atoms with Crippen molar-refractivity contribution in [2.75, 3.05) is 5.32 Å². The standard InChI is InChI=1S/C18H13N3O3/c1-11-5-4-7-13(9-11)16(22)19-18-21-20-17(24-18)15-10-12-6-2-3-8-14(12)23-15/h2-10H,1H3,(H,19,21,22). The summed E-state index contributed by atoms with van der Waals surface area (Å²) in [5.74, 6) is 0.365. The average Bonchev–Trinajstić information content (AvgIpc) is 3.21. The highest BCUT2D eigenvalue weighted by atomic mass is 16.4. The zero-order valence-corrected chi connectivity index (χ0v) is 12.8. The van der Waals surface area contributed by atoms with Crippen LogP contribution in [0, 0.1) is 6.92 Å². The number of nitrogens with one attached hydrogen (secondary N) is 1. The number of aryl methyl sites for hydroxylation is 1.